The van der Waals surface area contributed by atoms with Crippen LogP contribution in [0, 0.1) is 13.8 Å². The van der Waals surface area contributed by atoms with E-state index in [9.17, 15) is 18.0 Å². The van der Waals surface area contributed by atoms with Gasteiger partial charge in [0.05, 0.1) is 6.04 Å². The number of aryl methyl sites for hydroxylation is 1. The van der Waals surface area contributed by atoms with Crippen LogP contribution in [0.5, 0.6) is 0 Å². The van der Waals surface area contributed by atoms with E-state index in [0.29, 0.717) is 30.9 Å². The molecule has 0 aromatic carbocycles. The number of carbonyl (C=O) groups is 1. The molecule has 2 aromatic rings. The van der Waals surface area contributed by atoms with Gasteiger partial charge in [-0.1, -0.05) is 0 Å². The largest absolute Gasteiger partial charge is 0.453 e. The van der Waals surface area contributed by atoms with Gasteiger partial charge in [-0.3, -0.25) is 4.79 Å². The second-order valence-corrected chi connectivity index (χ2v) is 6.91. The molecule has 7 nitrogen and oxygen atoms in total. The number of rotatable bonds is 2. The van der Waals surface area contributed by atoms with Gasteiger partial charge >= 0.3 is 6.18 Å². The summed E-state index contributed by atoms with van der Waals surface area (Å²) >= 11 is 0. The normalized spacial score (nSPS) is 21.4. The lowest BCUT2D eigenvalue weighted by atomic mass is 10.2. The van der Waals surface area contributed by atoms with Crippen LogP contribution in [0.15, 0.2) is 0 Å². The van der Waals surface area contributed by atoms with E-state index >= 15 is 0 Å². The highest BCUT2D eigenvalue weighted by molar-refractivity contribution is 5.78. The molecule has 2 aliphatic heterocycles. The lowest BCUT2D eigenvalue weighted by Gasteiger charge is -2.25. The van der Waals surface area contributed by atoms with Gasteiger partial charge in [0.25, 0.3) is 5.82 Å². The number of hydrogen-bond acceptors (Lipinski definition) is 5. The van der Waals surface area contributed by atoms with Gasteiger partial charge in [0.2, 0.25) is 5.91 Å². The van der Waals surface area contributed by atoms with E-state index in [1.54, 1.807) is 6.92 Å². The molecule has 0 aliphatic carbocycles. The smallest absolute Gasteiger partial charge is 0.353 e. The summed E-state index contributed by atoms with van der Waals surface area (Å²) in [5.74, 6) is -0.469. The van der Waals surface area contributed by atoms with E-state index in [0.717, 1.165) is 29.5 Å². The van der Waals surface area contributed by atoms with Gasteiger partial charge in [0, 0.05) is 37.2 Å². The summed E-state index contributed by atoms with van der Waals surface area (Å²) < 4.78 is 40.3. The van der Waals surface area contributed by atoms with Gasteiger partial charge in [-0.15, -0.1) is 15.3 Å². The van der Waals surface area contributed by atoms with E-state index in [2.05, 4.69) is 15.3 Å². The summed E-state index contributed by atoms with van der Waals surface area (Å²) in [7, 11) is 0. The molecule has 1 atom stereocenters. The van der Waals surface area contributed by atoms with Crippen molar-refractivity contribution in [3.05, 3.63) is 17.0 Å². The van der Waals surface area contributed by atoms with Crippen LogP contribution in [-0.4, -0.2) is 56.3 Å². The number of aromatic nitrogens is 4. The Balaban J connectivity index is 1.70. The van der Waals surface area contributed by atoms with Crippen molar-refractivity contribution in [2.45, 2.75) is 45.3 Å². The molecule has 2 saturated heterocycles. The van der Waals surface area contributed by atoms with Gasteiger partial charge in [-0.2, -0.15) is 17.7 Å². The molecule has 140 valence electrons. The number of carbonyl (C=O) groups excluding carboxylic acids is 1. The Kier molecular flexibility index (Phi) is 3.81. The van der Waals surface area contributed by atoms with E-state index < -0.39 is 12.0 Å². The number of nitrogens with zero attached hydrogens (tertiary/aromatic N) is 6. The molecule has 0 radical (unpaired) electrons. The van der Waals surface area contributed by atoms with Crippen LogP contribution >= 0.6 is 0 Å². The molecule has 0 saturated carbocycles. The molecule has 0 spiro atoms. The molecule has 4 rings (SSSR count). The average Bonchev–Trinajstić information content (AvgIpc) is 3.28. The van der Waals surface area contributed by atoms with Crippen LogP contribution in [0.4, 0.5) is 19.0 Å². The maximum Gasteiger partial charge on any atom is 0.453 e. The third-order valence-electron chi connectivity index (χ3n) is 5.34. The van der Waals surface area contributed by atoms with Crippen molar-refractivity contribution in [2.24, 2.45) is 0 Å². The zero-order chi connectivity index (χ0) is 18.6. The predicted molar refractivity (Wildman–Crippen MR) is 86.8 cm³/mol. The number of amides is 1. The average molecular weight is 368 g/mol. The van der Waals surface area contributed by atoms with Crippen molar-refractivity contribution in [2.75, 3.05) is 24.5 Å². The second kappa shape index (κ2) is 5.82. The van der Waals surface area contributed by atoms with Crippen molar-refractivity contribution in [1.29, 1.82) is 0 Å². The van der Waals surface area contributed by atoms with E-state index in [1.807, 2.05) is 16.7 Å². The third kappa shape index (κ3) is 2.58. The fourth-order valence-electron chi connectivity index (χ4n) is 3.83. The molecule has 2 fully saturated rings. The Hall–Kier alpha value is -2.39. The summed E-state index contributed by atoms with van der Waals surface area (Å²) in [6.07, 6.45) is -2.39. The first kappa shape index (κ1) is 17.0. The SMILES string of the molecule is Cc1c(N2CCC(N3CCCC3=O)C2)nn2c(C(F)(F)F)nnc2c1C. The highest BCUT2D eigenvalue weighted by Gasteiger charge is 2.39. The number of fused-ring (bicyclic) bond motifs is 1. The summed E-state index contributed by atoms with van der Waals surface area (Å²) in [5.41, 5.74) is 1.52. The lowest BCUT2D eigenvalue weighted by Crippen LogP contribution is -2.38. The van der Waals surface area contributed by atoms with Crippen LogP contribution < -0.4 is 4.90 Å². The molecule has 0 bridgehead atoms. The zero-order valence-electron chi connectivity index (χ0n) is 14.5. The van der Waals surface area contributed by atoms with Crippen LogP contribution in [0.1, 0.15) is 36.2 Å². The Bertz CT molecular complexity index is 877. The monoisotopic (exact) mass is 368 g/mol. The molecular weight excluding hydrogens is 349 g/mol. The molecule has 2 aliphatic rings. The quantitative estimate of drug-likeness (QED) is 0.811. The maximum atomic E-state index is 13.2. The first-order valence-electron chi connectivity index (χ1n) is 8.61. The van der Waals surface area contributed by atoms with E-state index in [1.165, 1.54) is 0 Å². The minimum Gasteiger partial charge on any atom is -0.353 e. The minimum atomic E-state index is -4.62. The number of anilines is 1. The summed E-state index contributed by atoms with van der Waals surface area (Å²) in [6.45, 7) is 5.53. The van der Waals surface area contributed by atoms with Gasteiger partial charge in [-0.25, -0.2) is 0 Å². The van der Waals surface area contributed by atoms with Gasteiger partial charge in [0.1, 0.15) is 0 Å². The van der Waals surface area contributed by atoms with Crippen LogP contribution in [0.2, 0.25) is 0 Å². The van der Waals surface area contributed by atoms with Crippen molar-refractivity contribution < 1.29 is 18.0 Å². The Labute approximate surface area is 147 Å². The maximum absolute atomic E-state index is 13.2. The van der Waals surface area contributed by atoms with Crippen molar-refractivity contribution >= 4 is 17.4 Å². The highest BCUT2D eigenvalue weighted by atomic mass is 19.4. The van der Waals surface area contributed by atoms with E-state index in [4.69, 9.17) is 0 Å². The van der Waals surface area contributed by atoms with Gasteiger partial charge in [-0.05, 0) is 26.7 Å². The zero-order valence-corrected chi connectivity index (χ0v) is 14.5. The summed E-state index contributed by atoms with van der Waals surface area (Å²) in [5, 5.41) is 11.2. The number of likely N-dealkylation sites (tertiary alicyclic amines) is 1. The number of alkyl halides is 3. The summed E-state index contributed by atoms with van der Waals surface area (Å²) in [4.78, 5) is 15.8. The third-order valence-corrected chi connectivity index (χ3v) is 5.34. The van der Waals surface area contributed by atoms with Crippen molar-refractivity contribution in [1.82, 2.24) is 24.7 Å². The first-order valence-corrected chi connectivity index (χ1v) is 8.61. The Morgan fingerprint density at radius 1 is 1.12 bits per heavy atom. The Morgan fingerprint density at radius 3 is 2.54 bits per heavy atom. The van der Waals surface area contributed by atoms with Crippen molar-refractivity contribution in [3.63, 3.8) is 0 Å². The fourth-order valence-corrected chi connectivity index (χ4v) is 3.83. The molecule has 1 amide bonds. The van der Waals surface area contributed by atoms with Gasteiger partial charge in [0.15, 0.2) is 11.5 Å². The molecule has 0 N–H and O–H groups in total. The van der Waals surface area contributed by atoms with Gasteiger partial charge < -0.3 is 9.80 Å². The van der Waals surface area contributed by atoms with Crippen molar-refractivity contribution in [3.8, 4) is 0 Å². The first-order chi connectivity index (χ1) is 12.3. The second-order valence-electron chi connectivity index (χ2n) is 6.91. The molecular formula is C16H19F3N6O. The standard InChI is InChI=1S/C16H19F3N6O/c1-9-10(2)14(22-25-13(9)20-21-15(25)16(17,18)19)23-7-5-11(8-23)24-6-3-4-12(24)26/h11H,3-8H2,1-2H3. The Morgan fingerprint density at radius 2 is 1.88 bits per heavy atom. The topological polar surface area (TPSA) is 66.6 Å². The fraction of sp³-hybridized carbons (Fsp3) is 0.625. The summed E-state index contributed by atoms with van der Waals surface area (Å²) in [6, 6.07) is 0.0881. The highest BCUT2D eigenvalue weighted by Crippen LogP contribution is 2.32. The number of hydrogen-bond donors (Lipinski definition) is 0. The molecule has 4 heterocycles. The number of halogens is 3. The van der Waals surface area contributed by atoms with Crippen LogP contribution in [-0.2, 0) is 11.0 Å². The van der Waals surface area contributed by atoms with Crippen LogP contribution in [0.25, 0.3) is 5.65 Å². The molecule has 10 heteroatoms. The predicted octanol–water partition coefficient (Wildman–Crippen LogP) is 1.96. The van der Waals surface area contributed by atoms with Crippen LogP contribution in [0.3, 0.4) is 0 Å². The molecule has 26 heavy (non-hydrogen) atoms. The minimum absolute atomic E-state index is 0.0881. The molecule has 1 unspecified atom stereocenters. The van der Waals surface area contributed by atoms with E-state index in [-0.39, 0.29) is 17.6 Å². The lowest BCUT2D eigenvalue weighted by molar-refractivity contribution is -0.146. The molecule has 2 aromatic heterocycles.